The number of nitrogens with one attached hydrogen (secondary N) is 3. The topological polar surface area (TPSA) is 87.3 Å². The van der Waals surface area contributed by atoms with E-state index in [-0.39, 0.29) is 30.3 Å². The van der Waals surface area contributed by atoms with E-state index in [9.17, 15) is 13.2 Å². The third-order valence-corrected chi connectivity index (χ3v) is 6.87. The van der Waals surface area contributed by atoms with Gasteiger partial charge in [0.2, 0.25) is 15.9 Å². The number of hydrogen-bond acceptors (Lipinski definition) is 5. The number of rotatable bonds is 6. The van der Waals surface area contributed by atoms with Crippen LogP contribution in [0.1, 0.15) is 25.1 Å². The highest BCUT2D eigenvalue weighted by molar-refractivity contribution is 7.91. The molecule has 0 aromatic carbocycles. The Morgan fingerprint density at radius 1 is 1.43 bits per heavy atom. The van der Waals surface area contributed by atoms with Crippen molar-refractivity contribution in [1.29, 1.82) is 0 Å². The Morgan fingerprint density at radius 3 is 2.83 bits per heavy atom. The average molecular weight is 382 g/mol. The molecule has 23 heavy (non-hydrogen) atoms. The second-order valence-corrected chi connectivity index (χ2v) is 8.76. The highest BCUT2D eigenvalue weighted by atomic mass is 35.5. The van der Waals surface area contributed by atoms with E-state index in [2.05, 4.69) is 15.4 Å². The molecule has 2 unspecified atom stereocenters. The van der Waals surface area contributed by atoms with E-state index in [4.69, 9.17) is 0 Å². The average Bonchev–Trinajstić information content (AvgIpc) is 2.90. The van der Waals surface area contributed by atoms with Crippen molar-refractivity contribution >= 4 is 39.7 Å². The minimum atomic E-state index is -3.46. The van der Waals surface area contributed by atoms with Crippen LogP contribution in [0.15, 0.2) is 16.3 Å². The summed E-state index contributed by atoms with van der Waals surface area (Å²) >= 11 is 1.26. The van der Waals surface area contributed by atoms with Gasteiger partial charge in [0.25, 0.3) is 0 Å². The van der Waals surface area contributed by atoms with Crippen molar-refractivity contribution in [3.8, 4) is 0 Å². The highest BCUT2D eigenvalue weighted by Crippen LogP contribution is 2.23. The molecular weight excluding hydrogens is 358 g/mol. The molecule has 6 nitrogen and oxygen atoms in total. The van der Waals surface area contributed by atoms with E-state index in [0.717, 1.165) is 24.4 Å². The maximum absolute atomic E-state index is 12.5. The Hall–Kier alpha value is -0.670. The van der Waals surface area contributed by atoms with Crippen LogP contribution in [0, 0.1) is 5.92 Å². The number of hydrogen-bond donors (Lipinski definition) is 3. The lowest BCUT2D eigenvalue weighted by atomic mass is 9.97. The first-order valence-corrected chi connectivity index (χ1v) is 9.74. The lowest BCUT2D eigenvalue weighted by Crippen LogP contribution is -2.48. The van der Waals surface area contributed by atoms with Crippen LogP contribution < -0.4 is 15.4 Å². The van der Waals surface area contributed by atoms with E-state index in [1.54, 1.807) is 6.07 Å². The Labute approximate surface area is 147 Å². The molecule has 1 aliphatic heterocycles. The largest absolute Gasteiger partial charge is 0.356 e. The Bertz CT molecular complexity index is 619. The van der Waals surface area contributed by atoms with Gasteiger partial charge in [0.05, 0.1) is 0 Å². The van der Waals surface area contributed by atoms with Gasteiger partial charge in [0.1, 0.15) is 4.21 Å². The summed E-state index contributed by atoms with van der Waals surface area (Å²) in [5.41, 5.74) is 0. The Balaban J connectivity index is 0.00000264. The Morgan fingerprint density at radius 2 is 2.17 bits per heavy atom. The SMILES string of the molecule is CC(=O)NCCc1ccc(S(=O)(=O)NC2CCNCC2C)s1.Cl. The minimum Gasteiger partial charge on any atom is -0.356 e. The number of thiophene rings is 1. The van der Waals surface area contributed by atoms with Crippen LogP contribution in [0.2, 0.25) is 0 Å². The monoisotopic (exact) mass is 381 g/mol. The summed E-state index contributed by atoms with van der Waals surface area (Å²) in [6.07, 6.45) is 1.45. The van der Waals surface area contributed by atoms with Crippen LogP contribution in [-0.4, -0.2) is 40.0 Å². The molecule has 0 saturated carbocycles. The standard InChI is InChI=1S/C14H23N3O3S2.ClH/c1-10-9-15-7-6-13(10)17-22(19,20)14-4-3-12(21-14)5-8-16-11(2)18;/h3-4,10,13,15,17H,5-9H2,1-2H3,(H,16,18);1H. The maximum Gasteiger partial charge on any atom is 0.250 e. The molecule has 1 aliphatic rings. The van der Waals surface area contributed by atoms with Gasteiger partial charge < -0.3 is 10.6 Å². The van der Waals surface area contributed by atoms with Gasteiger partial charge in [0.15, 0.2) is 0 Å². The van der Waals surface area contributed by atoms with Crippen molar-refractivity contribution in [3.63, 3.8) is 0 Å². The van der Waals surface area contributed by atoms with E-state index < -0.39 is 10.0 Å². The highest BCUT2D eigenvalue weighted by Gasteiger charge is 2.27. The molecule has 1 aromatic heterocycles. The van der Waals surface area contributed by atoms with Crippen LogP contribution >= 0.6 is 23.7 Å². The van der Waals surface area contributed by atoms with E-state index in [1.807, 2.05) is 13.0 Å². The molecular formula is C14H24ClN3O3S2. The summed E-state index contributed by atoms with van der Waals surface area (Å²) in [7, 11) is -3.46. The zero-order valence-electron chi connectivity index (χ0n) is 13.3. The first-order chi connectivity index (χ1) is 10.4. The number of piperidine rings is 1. The zero-order valence-corrected chi connectivity index (χ0v) is 15.7. The molecule has 2 rings (SSSR count). The summed E-state index contributed by atoms with van der Waals surface area (Å²) in [4.78, 5) is 11.8. The molecule has 2 atom stereocenters. The molecule has 2 heterocycles. The van der Waals surface area contributed by atoms with Gasteiger partial charge in [-0.15, -0.1) is 23.7 Å². The predicted molar refractivity (Wildman–Crippen MR) is 94.7 cm³/mol. The van der Waals surface area contributed by atoms with Crippen molar-refractivity contribution in [2.45, 2.75) is 36.9 Å². The summed E-state index contributed by atoms with van der Waals surface area (Å²) in [6.45, 7) is 5.71. The number of sulfonamides is 1. The van der Waals surface area contributed by atoms with Crippen molar-refractivity contribution in [3.05, 3.63) is 17.0 Å². The van der Waals surface area contributed by atoms with Crippen molar-refractivity contribution < 1.29 is 13.2 Å². The first kappa shape index (κ1) is 20.4. The predicted octanol–water partition coefficient (Wildman–Crippen LogP) is 1.12. The molecule has 0 spiro atoms. The van der Waals surface area contributed by atoms with Gasteiger partial charge in [-0.05, 0) is 44.0 Å². The molecule has 1 saturated heterocycles. The molecule has 0 aliphatic carbocycles. The van der Waals surface area contributed by atoms with Gasteiger partial charge in [-0.3, -0.25) is 4.79 Å². The van der Waals surface area contributed by atoms with Crippen LogP contribution in [0.4, 0.5) is 0 Å². The van der Waals surface area contributed by atoms with Crippen LogP contribution in [-0.2, 0) is 21.2 Å². The zero-order chi connectivity index (χ0) is 16.2. The van der Waals surface area contributed by atoms with Gasteiger partial charge in [-0.1, -0.05) is 6.92 Å². The summed E-state index contributed by atoms with van der Waals surface area (Å²) in [6, 6.07) is 3.44. The van der Waals surface area contributed by atoms with Crippen LogP contribution in [0.3, 0.4) is 0 Å². The number of halogens is 1. The molecule has 1 fully saturated rings. The first-order valence-electron chi connectivity index (χ1n) is 7.44. The quantitative estimate of drug-likeness (QED) is 0.689. The summed E-state index contributed by atoms with van der Waals surface area (Å²) in [5.74, 6) is 0.202. The molecule has 0 bridgehead atoms. The molecule has 9 heteroatoms. The molecule has 3 N–H and O–H groups in total. The third-order valence-electron chi connectivity index (χ3n) is 3.74. The van der Waals surface area contributed by atoms with Crippen molar-refractivity contribution in [1.82, 2.24) is 15.4 Å². The fraction of sp³-hybridized carbons (Fsp3) is 0.643. The van der Waals surface area contributed by atoms with Gasteiger partial charge in [-0.2, -0.15) is 0 Å². The molecule has 0 radical (unpaired) electrons. The van der Waals surface area contributed by atoms with Crippen LogP contribution in [0.5, 0.6) is 0 Å². The third kappa shape index (κ3) is 6.04. The van der Waals surface area contributed by atoms with E-state index >= 15 is 0 Å². The number of carbonyl (C=O) groups is 1. The molecule has 132 valence electrons. The van der Waals surface area contributed by atoms with Gasteiger partial charge >= 0.3 is 0 Å². The summed E-state index contributed by atoms with van der Waals surface area (Å²) in [5, 5.41) is 5.97. The van der Waals surface area contributed by atoms with Gasteiger partial charge in [0, 0.05) is 24.4 Å². The lowest BCUT2D eigenvalue weighted by molar-refractivity contribution is -0.118. The fourth-order valence-electron chi connectivity index (χ4n) is 2.45. The van der Waals surface area contributed by atoms with Gasteiger partial charge in [-0.25, -0.2) is 13.1 Å². The number of carbonyl (C=O) groups excluding carboxylic acids is 1. The van der Waals surface area contributed by atoms with E-state index in [0.29, 0.717) is 17.2 Å². The van der Waals surface area contributed by atoms with Crippen molar-refractivity contribution in [2.75, 3.05) is 19.6 Å². The smallest absolute Gasteiger partial charge is 0.250 e. The van der Waals surface area contributed by atoms with Crippen molar-refractivity contribution in [2.24, 2.45) is 5.92 Å². The fourth-order valence-corrected chi connectivity index (χ4v) is 5.20. The second-order valence-electron chi connectivity index (χ2n) is 5.65. The Kier molecular flexibility index (Phi) is 7.96. The molecule has 1 aromatic rings. The minimum absolute atomic E-state index is 0. The maximum atomic E-state index is 12.5. The second kappa shape index (κ2) is 8.98. The molecule has 1 amide bonds. The normalized spacial score (nSPS) is 21.5. The summed E-state index contributed by atoms with van der Waals surface area (Å²) < 4.78 is 28.1. The van der Waals surface area contributed by atoms with Crippen LogP contribution in [0.25, 0.3) is 0 Å². The number of amides is 1. The van der Waals surface area contributed by atoms with E-state index in [1.165, 1.54) is 18.3 Å². The lowest BCUT2D eigenvalue weighted by Gasteiger charge is -2.29.